The van der Waals surface area contributed by atoms with E-state index in [0.717, 1.165) is 6.54 Å². The monoisotopic (exact) mass is 353 g/mol. The van der Waals surface area contributed by atoms with Crippen molar-refractivity contribution in [3.63, 3.8) is 0 Å². The summed E-state index contributed by atoms with van der Waals surface area (Å²) in [6, 6.07) is 9.07. The minimum Gasteiger partial charge on any atom is -1.00 e. The van der Waals surface area contributed by atoms with Crippen LogP contribution in [0.3, 0.4) is 0 Å². The predicted molar refractivity (Wildman–Crippen MR) is 80.2 cm³/mol. The number of nitrogens with one attached hydrogen (secondary N) is 1. The van der Waals surface area contributed by atoms with Gasteiger partial charge >= 0.3 is 5.97 Å². The van der Waals surface area contributed by atoms with Crippen molar-refractivity contribution in [2.45, 2.75) is 39.2 Å². The molecule has 0 aromatic heterocycles. The number of hydrogen-bond donors (Lipinski definition) is 1. The number of para-hydroxylation sites is 1. The number of esters is 1. The summed E-state index contributed by atoms with van der Waals surface area (Å²) in [5, 5.41) is 0. The highest BCUT2D eigenvalue weighted by atomic mass is 79.9. The van der Waals surface area contributed by atoms with Crippen molar-refractivity contribution in [2.24, 2.45) is 0 Å². The standard InChI is InChI=1S/C17H23NO2.BrH/c1-5-20-16(19)11-8-12-18-13(2)17(3,4)14-9-6-7-10-15(14)18;/h6-11,13H,5,12H2,1-4H3;1H/b11-8+;. The first-order valence-electron chi connectivity index (χ1n) is 7.27. The van der Waals surface area contributed by atoms with Crippen LogP contribution in [0.1, 0.15) is 33.3 Å². The van der Waals surface area contributed by atoms with Crippen molar-refractivity contribution < 1.29 is 31.4 Å². The summed E-state index contributed by atoms with van der Waals surface area (Å²) in [7, 11) is 0. The second kappa shape index (κ2) is 7.23. The van der Waals surface area contributed by atoms with Crippen LogP contribution in [-0.2, 0) is 14.9 Å². The van der Waals surface area contributed by atoms with E-state index in [2.05, 4.69) is 45.0 Å². The molecule has 0 fully saturated rings. The number of carbonyl (C=O) groups excluding carboxylic acids is 1. The summed E-state index contributed by atoms with van der Waals surface area (Å²) >= 11 is 0. The van der Waals surface area contributed by atoms with E-state index in [-0.39, 0.29) is 28.4 Å². The Hall–Kier alpha value is -1.13. The third kappa shape index (κ3) is 3.55. The van der Waals surface area contributed by atoms with Gasteiger partial charge in [0, 0.05) is 17.1 Å². The lowest BCUT2D eigenvalue weighted by molar-refractivity contribution is -0.849. The number of hydrogen-bond acceptors (Lipinski definition) is 2. The van der Waals surface area contributed by atoms with Crippen LogP contribution in [0.15, 0.2) is 36.4 Å². The van der Waals surface area contributed by atoms with Crippen LogP contribution in [0.4, 0.5) is 5.69 Å². The second-order valence-electron chi connectivity index (χ2n) is 5.87. The highest BCUT2D eigenvalue weighted by Gasteiger charge is 2.45. The van der Waals surface area contributed by atoms with E-state index in [0.29, 0.717) is 12.6 Å². The molecule has 1 aliphatic heterocycles. The molecule has 2 rings (SSSR count). The molecule has 0 saturated carbocycles. The first kappa shape index (κ1) is 17.9. The van der Waals surface area contributed by atoms with Gasteiger partial charge in [-0.15, -0.1) is 0 Å². The Morgan fingerprint density at radius 3 is 2.71 bits per heavy atom. The molecule has 2 unspecified atom stereocenters. The summed E-state index contributed by atoms with van der Waals surface area (Å²) in [4.78, 5) is 12.8. The fraction of sp³-hybridized carbons (Fsp3) is 0.471. The maximum Gasteiger partial charge on any atom is 0.330 e. The first-order chi connectivity index (χ1) is 9.48. The van der Waals surface area contributed by atoms with Gasteiger partial charge in [-0.3, -0.25) is 4.90 Å². The Bertz CT molecular complexity index is 525. The molecule has 0 aliphatic carbocycles. The maximum absolute atomic E-state index is 11.4. The zero-order valence-corrected chi connectivity index (χ0v) is 14.7. The SMILES string of the molecule is CCOC(=O)/C=C/C[NH+]1c2ccccc2C(C)(C)C1C.[Br-]. The van der Waals surface area contributed by atoms with E-state index < -0.39 is 0 Å². The quantitative estimate of drug-likeness (QED) is 0.556. The van der Waals surface area contributed by atoms with Crippen molar-refractivity contribution in [2.75, 3.05) is 13.2 Å². The van der Waals surface area contributed by atoms with E-state index in [1.165, 1.54) is 22.2 Å². The lowest BCUT2D eigenvalue weighted by atomic mass is 9.81. The largest absolute Gasteiger partial charge is 1.00 e. The van der Waals surface area contributed by atoms with E-state index in [1.807, 2.05) is 13.0 Å². The second-order valence-corrected chi connectivity index (χ2v) is 5.87. The molecular formula is C17H24BrNO2. The van der Waals surface area contributed by atoms with Gasteiger partial charge in [-0.25, -0.2) is 4.79 Å². The maximum atomic E-state index is 11.4. The molecule has 0 bridgehead atoms. The number of rotatable bonds is 4. The molecule has 0 radical (unpaired) electrons. The van der Waals surface area contributed by atoms with Crippen LogP contribution in [0.2, 0.25) is 0 Å². The molecule has 116 valence electrons. The molecule has 2 atom stereocenters. The Balaban J connectivity index is 0.00000220. The molecule has 1 aromatic rings. The molecule has 1 N–H and O–H groups in total. The average molecular weight is 354 g/mol. The van der Waals surface area contributed by atoms with Gasteiger partial charge in [-0.05, 0) is 39.8 Å². The third-order valence-electron chi connectivity index (χ3n) is 4.45. The van der Waals surface area contributed by atoms with Crippen molar-refractivity contribution in [1.29, 1.82) is 0 Å². The van der Waals surface area contributed by atoms with Crippen LogP contribution >= 0.6 is 0 Å². The topological polar surface area (TPSA) is 30.7 Å². The van der Waals surface area contributed by atoms with Crippen LogP contribution in [0, 0.1) is 0 Å². The van der Waals surface area contributed by atoms with Crippen LogP contribution in [0.5, 0.6) is 0 Å². The van der Waals surface area contributed by atoms with Gasteiger partial charge in [0.05, 0.1) is 12.6 Å². The Labute approximate surface area is 137 Å². The fourth-order valence-electron chi connectivity index (χ4n) is 2.99. The van der Waals surface area contributed by atoms with Crippen molar-refractivity contribution in [3.05, 3.63) is 42.0 Å². The van der Waals surface area contributed by atoms with E-state index >= 15 is 0 Å². The van der Waals surface area contributed by atoms with Crippen molar-refractivity contribution >= 4 is 11.7 Å². The van der Waals surface area contributed by atoms with E-state index in [1.54, 1.807) is 0 Å². The number of ether oxygens (including phenoxy) is 1. The molecule has 1 heterocycles. The van der Waals surface area contributed by atoms with Gasteiger partial charge in [0.2, 0.25) is 0 Å². The summed E-state index contributed by atoms with van der Waals surface area (Å²) in [5.41, 5.74) is 2.91. The number of fused-ring (bicyclic) bond motifs is 1. The third-order valence-corrected chi connectivity index (χ3v) is 4.45. The minimum absolute atomic E-state index is 0. The molecule has 0 spiro atoms. The first-order valence-corrected chi connectivity index (χ1v) is 7.27. The molecule has 1 aromatic carbocycles. The molecule has 21 heavy (non-hydrogen) atoms. The average Bonchev–Trinajstić information content (AvgIpc) is 2.61. The zero-order valence-electron chi connectivity index (χ0n) is 13.2. The van der Waals surface area contributed by atoms with E-state index in [9.17, 15) is 4.79 Å². The fourth-order valence-corrected chi connectivity index (χ4v) is 2.99. The molecular weight excluding hydrogens is 330 g/mol. The number of carbonyl (C=O) groups is 1. The molecule has 0 amide bonds. The normalized spacial score (nSPS) is 22.7. The van der Waals surface area contributed by atoms with Crippen LogP contribution in [0.25, 0.3) is 0 Å². The van der Waals surface area contributed by atoms with Crippen molar-refractivity contribution in [3.8, 4) is 0 Å². The highest BCUT2D eigenvalue weighted by molar-refractivity contribution is 5.81. The number of quaternary nitrogens is 1. The Kier molecular flexibility index (Phi) is 6.17. The van der Waals surface area contributed by atoms with Gasteiger partial charge in [0.1, 0.15) is 12.2 Å². The van der Waals surface area contributed by atoms with Gasteiger partial charge in [-0.1, -0.05) is 18.2 Å². The van der Waals surface area contributed by atoms with Gasteiger partial charge in [-0.2, -0.15) is 0 Å². The predicted octanol–water partition coefficient (Wildman–Crippen LogP) is -0.994. The summed E-state index contributed by atoms with van der Waals surface area (Å²) < 4.78 is 4.91. The highest BCUT2D eigenvalue weighted by Crippen LogP contribution is 2.35. The molecule has 0 saturated heterocycles. The summed E-state index contributed by atoms with van der Waals surface area (Å²) in [6.07, 6.45) is 3.46. The Morgan fingerprint density at radius 2 is 2.05 bits per heavy atom. The van der Waals surface area contributed by atoms with E-state index in [4.69, 9.17) is 4.74 Å². The molecule has 3 nitrogen and oxygen atoms in total. The van der Waals surface area contributed by atoms with Gasteiger partial charge < -0.3 is 21.7 Å². The summed E-state index contributed by atoms with van der Waals surface area (Å²) in [6.45, 7) is 9.90. The zero-order chi connectivity index (χ0) is 14.8. The smallest absolute Gasteiger partial charge is 0.330 e. The lowest BCUT2D eigenvalue weighted by Crippen LogP contribution is -3.10. The van der Waals surface area contributed by atoms with Crippen LogP contribution < -0.4 is 21.9 Å². The summed E-state index contributed by atoms with van der Waals surface area (Å²) in [5.74, 6) is -0.258. The van der Waals surface area contributed by atoms with Gasteiger partial charge in [0.15, 0.2) is 0 Å². The van der Waals surface area contributed by atoms with Gasteiger partial charge in [0.25, 0.3) is 0 Å². The van der Waals surface area contributed by atoms with Crippen molar-refractivity contribution in [1.82, 2.24) is 0 Å². The lowest BCUT2D eigenvalue weighted by Gasteiger charge is -2.25. The van der Waals surface area contributed by atoms with Crippen LogP contribution in [-0.4, -0.2) is 25.2 Å². The minimum atomic E-state index is -0.258. The molecule has 1 aliphatic rings. The number of benzene rings is 1. The number of halogens is 1. The Morgan fingerprint density at radius 1 is 1.38 bits per heavy atom. The molecule has 4 heteroatoms.